The van der Waals surface area contributed by atoms with Crippen molar-refractivity contribution in [2.24, 2.45) is 0 Å². The van der Waals surface area contributed by atoms with Crippen LogP contribution in [0, 0.1) is 0 Å². The molecule has 2 aromatic rings. The normalized spacial score (nSPS) is 16.2. The van der Waals surface area contributed by atoms with Crippen LogP contribution in [-0.2, 0) is 14.3 Å². The number of para-hydroxylation sites is 1. The van der Waals surface area contributed by atoms with E-state index in [9.17, 15) is 27.6 Å². The number of carbonyl (C=O) groups is 3. The predicted octanol–water partition coefficient (Wildman–Crippen LogP) is 3.94. The number of alkyl carbamates (subject to hydrolysis) is 1. The number of benzene rings is 2. The smallest absolute Gasteiger partial charge is 0.407 e. The van der Waals surface area contributed by atoms with Crippen molar-refractivity contribution < 1.29 is 32.3 Å². The summed E-state index contributed by atoms with van der Waals surface area (Å²) < 4.78 is 41.5. The monoisotopic (exact) mass is 463 g/mol. The van der Waals surface area contributed by atoms with Crippen LogP contribution in [-0.4, -0.2) is 43.8 Å². The molecule has 0 spiro atoms. The molecular formula is C23H24F3N3O4. The highest BCUT2D eigenvalue weighted by Gasteiger charge is 2.34. The topological polar surface area (TPSA) is 87.7 Å². The molecule has 0 saturated heterocycles. The van der Waals surface area contributed by atoms with E-state index in [1.807, 2.05) is 36.4 Å². The highest BCUT2D eigenvalue weighted by Crippen LogP contribution is 2.39. The minimum atomic E-state index is -4.31. The number of likely N-dealkylation sites (N-methyl/N-ethyl adjacent to an activating group) is 1. The molecule has 7 nitrogen and oxygen atoms in total. The molecule has 0 saturated carbocycles. The molecule has 2 atom stereocenters. The zero-order chi connectivity index (χ0) is 24.2. The second kappa shape index (κ2) is 9.93. The van der Waals surface area contributed by atoms with Gasteiger partial charge >= 0.3 is 12.3 Å². The molecule has 0 unspecified atom stereocenters. The number of anilines is 1. The van der Waals surface area contributed by atoms with Crippen molar-refractivity contribution in [3.63, 3.8) is 0 Å². The van der Waals surface area contributed by atoms with Gasteiger partial charge in [0.2, 0.25) is 0 Å². The van der Waals surface area contributed by atoms with E-state index in [1.54, 1.807) is 19.2 Å². The van der Waals surface area contributed by atoms with Crippen LogP contribution in [0.4, 0.5) is 23.7 Å². The molecule has 0 bridgehead atoms. The molecule has 0 radical (unpaired) electrons. The number of fused-ring (bicyclic) bond motifs is 3. The molecule has 2 N–H and O–H groups in total. The summed E-state index contributed by atoms with van der Waals surface area (Å²) in [5, 5.41) is 4.82. The summed E-state index contributed by atoms with van der Waals surface area (Å²) in [7, 11) is 1.61. The Labute approximate surface area is 188 Å². The zero-order valence-electron chi connectivity index (χ0n) is 18.1. The number of carbonyl (C=O) groups excluding carboxylic acids is 3. The lowest BCUT2D eigenvalue weighted by atomic mass is 9.95. The SMILES string of the molecule is C[C@H](OC(=O)NCCCC(F)(F)F)C(=O)N[C@@H]1C(=O)N(C)c2ccccc2-c2ccccc21. The van der Waals surface area contributed by atoms with Crippen molar-refractivity contribution in [1.29, 1.82) is 0 Å². The first-order valence-corrected chi connectivity index (χ1v) is 10.4. The summed E-state index contributed by atoms with van der Waals surface area (Å²) >= 11 is 0. The molecule has 33 heavy (non-hydrogen) atoms. The van der Waals surface area contributed by atoms with Crippen molar-refractivity contribution in [3.8, 4) is 11.1 Å². The Morgan fingerprint density at radius 2 is 1.73 bits per heavy atom. The first-order chi connectivity index (χ1) is 15.6. The molecular weight excluding hydrogens is 439 g/mol. The lowest BCUT2D eigenvalue weighted by Crippen LogP contribution is -2.45. The highest BCUT2D eigenvalue weighted by atomic mass is 19.4. The Kier molecular flexibility index (Phi) is 7.25. The quantitative estimate of drug-likeness (QED) is 0.636. The summed E-state index contributed by atoms with van der Waals surface area (Å²) in [6.45, 7) is 1.07. The number of hydrogen-bond acceptors (Lipinski definition) is 4. The van der Waals surface area contributed by atoms with Crippen LogP contribution in [0.15, 0.2) is 48.5 Å². The average molecular weight is 463 g/mol. The fraction of sp³-hybridized carbons (Fsp3) is 0.348. The molecule has 1 aliphatic rings. The highest BCUT2D eigenvalue weighted by molar-refractivity contribution is 6.06. The molecule has 2 aromatic carbocycles. The largest absolute Gasteiger partial charge is 0.436 e. The van der Waals surface area contributed by atoms with E-state index in [0.717, 1.165) is 11.1 Å². The third-order valence-corrected chi connectivity index (χ3v) is 5.25. The van der Waals surface area contributed by atoms with Gasteiger partial charge in [-0.05, 0) is 30.5 Å². The Morgan fingerprint density at radius 1 is 1.09 bits per heavy atom. The van der Waals surface area contributed by atoms with Gasteiger partial charge in [-0.1, -0.05) is 42.5 Å². The maximum absolute atomic E-state index is 13.2. The van der Waals surface area contributed by atoms with E-state index in [0.29, 0.717) is 11.3 Å². The van der Waals surface area contributed by atoms with Gasteiger partial charge in [0.25, 0.3) is 11.8 Å². The molecule has 0 aromatic heterocycles. The molecule has 0 aliphatic carbocycles. The summed E-state index contributed by atoms with van der Waals surface area (Å²) in [5.74, 6) is -1.09. The molecule has 1 heterocycles. The van der Waals surface area contributed by atoms with E-state index in [1.165, 1.54) is 11.8 Å². The van der Waals surface area contributed by atoms with Gasteiger partial charge in [0.05, 0.1) is 5.69 Å². The number of halogens is 3. The van der Waals surface area contributed by atoms with Gasteiger partial charge in [0, 0.05) is 25.6 Å². The second-order valence-electron chi connectivity index (χ2n) is 7.64. The number of ether oxygens (including phenoxy) is 1. The van der Waals surface area contributed by atoms with Crippen molar-refractivity contribution in [2.75, 3.05) is 18.5 Å². The molecule has 3 rings (SSSR count). The van der Waals surface area contributed by atoms with Crippen molar-refractivity contribution in [1.82, 2.24) is 10.6 Å². The predicted molar refractivity (Wildman–Crippen MR) is 115 cm³/mol. The summed E-state index contributed by atoms with van der Waals surface area (Å²) in [5.41, 5.74) is 2.90. The maximum Gasteiger partial charge on any atom is 0.407 e. The first-order valence-electron chi connectivity index (χ1n) is 10.4. The molecule has 10 heteroatoms. The van der Waals surface area contributed by atoms with Crippen LogP contribution in [0.5, 0.6) is 0 Å². The average Bonchev–Trinajstić information content (AvgIpc) is 2.86. The fourth-order valence-electron chi connectivity index (χ4n) is 3.57. The third-order valence-electron chi connectivity index (χ3n) is 5.25. The van der Waals surface area contributed by atoms with Crippen LogP contribution < -0.4 is 15.5 Å². The molecule has 3 amide bonds. The van der Waals surface area contributed by atoms with Gasteiger partial charge in [-0.3, -0.25) is 9.59 Å². The van der Waals surface area contributed by atoms with Gasteiger partial charge in [0.1, 0.15) is 6.04 Å². The lowest BCUT2D eigenvalue weighted by Gasteiger charge is -2.24. The van der Waals surface area contributed by atoms with Crippen molar-refractivity contribution in [2.45, 2.75) is 38.1 Å². The van der Waals surface area contributed by atoms with Gasteiger partial charge in [-0.2, -0.15) is 13.2 Å². The van der Waals surface area contributed by atoms with Crippen LogP contribution in [0.3, 0.4) is 0 Å². The molecule has 1 aliphatic heterocycles. The van der Waals surface area contributed by atoms with E-state index >= 15 is 0 Å². The first kappa shape index (κ1) is 24.1. The van der Waals surface area contributed by atoms with E-state index in [-0.39, 0.29) is 18.9 Å². The minimum Gasteiger partial charge on any atom is -0.436 e. The van der Waals surface area contributed by atoms with Crippen LogP contribution >= 0.6 is 0 Å². The number of amides is 3. The second-order valence-corrected chi connectivity index (χ2v) is 7.64. The van der Waals surface area contributed by atoms with Gasteiger partial charge in [0.15, 0.2) is 6.10 Å². The standard InChI is InChI=1S/C23H24F3N3O4/c1-14(33-22(32)27-13-7-12-23(24,25)26)20(30)28-19-17-10-4-3-8-15(17)16-9-5-6-11-18(16)29(2)21(19)31/h3-6,8-11,14,19H,7,12-13H2,1-2H3,(H,27,32)(H,28,30)/t14-,19-/m0/s1. The van der Waals surface area contributed by atoms with Crippen molar-refractivity contribution in [3.05, 3.63) is 54.1 Å². The number of rotatable bonds is 6. The molecule has 176 valence electrons. The summed E-state index contributed by atoms with van der Waals surface area (Å²) in [4.78, 5) is 39.2. The Balaban J connectivity index is 1.69. The van der Waals surface area contributed by atoms with Crippen molar-refractivity contribution >= 4 is 23.6 Å². The van der Waals surface area contributed by atoms with Gasteiger partial charge in [-0.25, -0.2) is 4.79 Å². The third kappa shape index (κ3) is 5.82. The lowest BCUT2D eigenvalue weighted by molar-refractivity contribution is -0.135. The Bertz CT molecular complexity index is 1040. The fourth-order valence-corrected chi connectivity index (χ4v) is 3.57. The summed E-state index contributed by atoms with van der Waals surface area (Å²) in [6.07, 6.45) is -7.95. The van der Waals surface area contributed by atoms with E-state index in [2.05, 4.69) is 10.6 Å². The van der Waals surface area contributed by atoms with Crippen LogP contribution in [0.25, 0.3) is 11.1 Å². The Hall–Kier alpha value is -3.56. The van der Waals surface area contributed by atoms with Crippen LogP contribution in [0.1, 0.15) is 31.4 Å². The summed E-state index contributed by atoms with van der Waals surface area (Å²) in [6, 6.07) is 13.5. The maximum atomic E-state index is 13.2. The zero-order valence-corrected chi connectivity index (χ0v) is 18.1. The number of nitrogens with zero attached hydrogens (tertiary/aromatic N) is 1. The van der Waals surface area contributed by atoms with E-state index < -0.39 is 36.7 Å². The minimum absolute atomic E-state index is 0.246. The Morgan fingerprint density at radius 3 is 2.42 bits per heavy atom. The van der Waals surface area contributed by atoms with Gasteiger partial charge < -0.3 is 20.3 Å². The van der Waals surface area contributed by atoms with E-state index in [4.69, 9.17) is 4.74 Å². The molecule has 0 fully saturated rings. The van der Waals surface area contributed by atoms with Gasteiger partial charge in [-0.15, -0.1) is 0 Å². The number of alkyl halides is 3. The van der Waals surface area contributed by atoms with Crippen LogP contribution in [0.2, 0.25) is 0 Å². The number of nitrogens with one attached hydrogen (secondary N) is 2. The number of hydrogen-bond donors (Lipinski definition) is 2.